The van der Waals surface area contributed by atoms with Gasteiger partial charge in [-0.25, -0.2) is 4.79 Å². The number of benzene rings is 1. The minimum atomic E-state index is -4.53. The number of carbonyl (C=O) groups is 1. The van der Waals surface area contributed by atoms with Gasteiger partial charge in [0.25, 0.3) is 10.1 Å². The molecule has 0 spiro atoms. The number of nitrogens with one attached hydrogen (secondary N) is 2. The van der Waals surface area contributed by atoms with Gasteiger partial charge >= 0.3 is 35.6 Å². The van der Waals surface area contributed by atoms with E-state index in [-0.39, 0.29) is 42.4 Å². The Morgan fingerprint density at radius 2 is 2.00 bits per heavy atom. The number of hydrogen-bond donors (Lipinski definition) is 3. The third-order valence-electron chi connectivity index (χ3n) is 2.77. The van der Waals surface area contributed by atoms with Gasteiger partial charge in [-0.15, -0.1) is 11.6 Å². The van der Waals surface area contributed by atoms with E-state index in [1.807, 2.05) is 0 Å². The van der Waals surface area contributed by atoms with Crippen molar-refractivity contribution in [3.8, 4) is 5.75 Å². The summed E-state index contributed by atoms with van der Waals surface area (Å²) in [6.45, 7) is 0. The molecule has 0 aromatic heterocycles. The van der Waals surface area contributed by atoms with E-state index in [9.17, 15) is 17.8 Å². The van der Waals surface area contributed by atoms with Crippen molar-refractivity contribution in [2.75, 3.05) is 5.88 Å². The first-order chi connectivity index (χ1) is 9.91. The van der Waals surface area contributed by atoms with E-state index in [0.29, 0.717) is 5.75 Å². The molecule has 0 saturated carbocycles. The van der Waals surface area contributed by atoms with Crippen LogP contribution in [0.4, 0.5) is 4.79 Å². The zero-order valence-electron chi connectivity index (χ0n) is 12.7. The van der Waals surface area contributed by atoms with Gasteiger partial charge in [0.1, 0.15) is 11.9 Å². The maximum Gasteiger partial charge on any atom is 1.00 e. The van der Waals surface area contributed by atoms with Crippen molar-refractivity contribution in [3.05, 3.63) is 42.1 Å². The second kappa shape index (κ2) is 8.19. The van der Waals surface area contributed by atoms with Crippen molar-refractivity contribution in [1.82, 2.24) is 10.6 Å². The summed E-state index contributed by atoms with van der Waals surface area (Å²) in [6, 6.07) is 7.90. The van der Waals surface area contributed by atoms with Crippen molar-refractivity contribution < 1.29 is 53.5 Å². The van der Waals surface area contributed by atoms with E-state index >= 15 is 0 Å². The van der Waals surface area contributed by atoms with Crippen molar-refractivity contribution in [2.45, 2.75) is 11.5 Å². The van der Waals surface area contributed by atoms with E-state index in [2.05, 4.69) is 10.6 Å². The van der Waals surface area contributed by atoms with Crippen LogP contribution in [0.25, 0.3) is 0 Å². The summed E-state index contributed by atoms with van der Waals surface area (Å²) in [6.07, 6.45) is 0.335. The van der Waals surface area contributed by atoms with Gasteiger partial charge in [-0.1, -0.05) is 18.2 Å². The molecule has 1 aromatic rings. The number of ether oxygens (including phenoxy) is 1. The van der Waals surface area contributed by atoms with Crippen LogP contribution in [0.2, 0.25) is 0 Å². The van der Waals surface area contributed by atoms with Crippen molar-refractivity contribution in [3.63, 3.8) is 0 Å². The van der Waals surface area contributed by atoms with Gasteiger partial charge in [-0.05, 0) is 12.1 Å². The zero-order chi connectivity index (χ0) is 15.5. The van der Waals surface area contributed by atoms with Gasteiger partial charge in [0, 0.05) is 11.8 Å². The van der Waals surface area contributed by atoms with E-state index in [1.165, 1.54) is 6.20 Å². The first-order valence-electron chi connectivity index (χ1n) is 5.93. The molecular formula is C12H14ClN2NaO5S. The number of para-hydroxylation sites is 1. The van der Waals surface area contributed by atoms with Crippen molar-refractivity contribution >= 4 is 27.8 Å². The Balaban J connectivity index is 0.00000242. The van der Waals surface area contributed by atoms with Crippen molar-refractivity contribution in [2.24, 2.45) is 0 Å². The number of halogens is 1. The second-order valence-corrected chi connectivity index (χ2v) is 6.04. The molecule has 2 atom stereocenters. The van der Waals surface area contributed by atoms with Gasteiger partial charge in [0.05, 0.1) is 5.88 Å². The fraction of sp³-hybridized carbons (Fsp3) is 0.250. The number of alkyl halides is 1. The van der Waals surface area contributed by atoms with Gasteiger partial charge in [-0.3, -0.25) is 4.55 Å². The molecule has 2 rings (SSSR count). The second-order valence-electron chi connectivity index (χ2n) is 4.23. The molecule has 1 heterocycles. The average molecular weight is 357 g/mol. The summed E-state index contributed by atoms with van der Waals surface area (Å²) in [7, 11) is -4.53. The summed E-state index contributed by atoms with van der Waals surface area (Å²) in [5.74, 6) is 0.416. The molecule has 7 nitrogen and oxygen atoms in total. The largest absolute Gasteiger partial charge is 1.00 e. The predicted octanol–water partition coefficient (Wildman–Crippen LogP) is -1.80. The molecule has 1 aliphatic rings. The molecule has 1 aliphatic heterocycles. The number of carbonyl (C=O) groups excluding carboxylic acids is 1. The summed E-state index contributed by atoms with van der Waals surface area (Å²) >= 11 is 5.82. The Morgan fingerprint density at radius 3 is 2.55 bits per heavy atom. The van der Waals surface area contributed by atoms with Crippen LogP contribution in [-0.2, 0) is 10.1 Å². The number of amides is 2. The van der Waals surface area contributed by atoms with Crippen molar-refractivity contribution in [1.29, 1.82) is 0 Å². The fourth-order valence-electron chi connectivity index (χ4n) is 1.83. The topological polar surface area (TPSA) is 105 Å². The summed E-state index contributed by atoms with van der Waals surface area (Å²) in [5.41, 5.74) is 0.107. The molecule has 3 N–H and O–H groups in total. The summed E-state index contributed by atoms with van der Waals surface area (Å²) in [5, 5.41) is 2.82. The van der Waals surface area contributed by atoms with Gasteiger partial charge < -0.3 is 16.8 Å². The number of urea groups is 1. The molecule has 22 heavy (non-hydrogen) atoms. The molecule has 0 bridgehead atoms. The van der Waals surface area contributed by atoms with E-state index in [0.717, 1.165) is 0 Å². The van der Waals surface area contributed by atoms with Crippen LogP contribution in [0.3, 0.4) is 0 Å². The molecule has 2 amide bonds. The van der Waals surface area contributed by atoms with Crippen LogP contribution in [0.5, 0.6) is 5.75 Å². The molecule has 1 aromatic carbocycles. The predicted molar refractivity (Wildman–Crippen MR) is 77.8 cm³/mol. The Hall–Kier alpha value is -0.770. The number of rotatable bonds is 5. The standard InChI is InChI=1S/C12H13ClN2O5S.Na.H/c13-6-10(20-8-4-2-1-3-5-8)9-7-14-12(16)15-11(9)21(17,18)19;;/h1-5,7,10-11H,6H2,(H2,14,15,16)(H,17,18,19);;/q;+1;-1. The van der Waals surface area contributed by atoms with Crippen LogP contribution in [0, 0.1) is 0 Å². The molecule has 10 heteroatoms. The minimum Gasteiger partial charge on any atom is -1.00 e. The molecule has 116 valence electrons. The minimum absolute atomic E-state index is 0. The van der Waals surface area contributed by atoms with Gasteiger partial charge in [-0.2, -0.15) is 8.42 Å². The molecule has 0 radical (unpaired) electrons. The zero-order valence-corrected chi connectivity index (χ0v) is 15.3. The molecular weight excluding hydrogens is 343 g/mol. The SMILES string of the molecule is O=C1NC=C(C(CCl)Oc2ccccc2)C(S(=O)(=O)O)N1.[H-].[Na+]. The molecule has 0 fully saturated rings. The van der Waals surface area contributed by atoms with Crippen LogP contribution in [0.1, 0.15) is 1.43 Å². The first-order valence-corrected chi connectivity index (χ1v) is 7.96. The molecule has 2 unspecified atom stereocenters. The van der Waals surface area contributed by atoms with Crippen LogP contribution < -0.4 is 44.9 Å². The van der Waals surface area contributed by atoms with Gasteiger partial charge in [0.15, 0.2) is 5.37 Å². The molecule has 0 saturated heterocycles. The third kappa shape index (κ3) is 4.87. The Kier molecular flexibility index (Phi) is 7.17. The first kappa shape index (κ1) is 19.3. The Bertz CT molecular complexity index is 659. The average Bonchev–Trinajstić information content (AvgIpc) is 2.45. The van der Waals surface area contributed by atoms with E-state index in [1.54, 1.807) is 30.3 Å². The van der Waals surface area contributed by atoms with Crippen LogP contribution in [-0.4, -0.2) is 36.4 Å². The summed E-state index contributed by atoms with van der Waals surface area (Å²) < 4.78 is 37.6. The maximum absolute atomic E-state index is 11.4. The van der Waals surface area contributed by atoms with Crippen LogP contribution >= 0.6 is 11.6 Å². The maximum atomic E-state index is 11.4. The van der Waals surface area contributed by atoms with Gasteiger partial charge in [0.2, 0.25) is 0 Å². The quantitative estimate of drug-likeness (QED) is 0.328. The van der Waals surface area contributed by atoms with E-state index < -0.39 is 27.6 Å². The molecule has 0 aliphatic carbocycles. The normalized spacial score (nSPS) is 19.1. The fourth-order valence-corrected chi connectivity index (χ4v) is 2.89. The Labute approximate surface area is 156 Å². The van der Waals surface area contributed by atoms with E-state index in [4.69, 9.17) is 16.3 Å². The third-order valence-corrected chi connectivity index (χ3v) is 4.03. The number of hydrogen-bond acceptors (Lipinski definition) is 4. The summed E-state index contributed by atoms with van der Waals surface area (Å²) in [4.78, 5) is 11.2. The smallest absolute Gasteiger partial charge is 1.00 e. The monoisotopic (exact) mass is 356 g/mol. The van der Waals surface area contributed by atoms with Crippen LogP contribution in [0.15, 0.2) is 42.1 Å². The Morgan fingerprint density at radius 1 is 1.36 bits per heavy atom.